The molecule has 1 amide bonds. The first-order chi connectivity index (χ1) is 13.0. The molecule has 1 atom stereocenters. The molecule has 0 aliphatic heterocycles. The predicted molar refractivity (Wildman–Crippen MR) is 111 cm³/mol. The van der Waals surface area contributed by atoms with Crippen molar-refractivity contribution in [3.63, 3.8) is 0 Å². The Hall–Kier alpha value is -2.60. The highest BCUT2D eigenvalue weighted by Crippen LogP contribution is 2.28. The molecule has 0 aliphatic carbocycles. The third-order valence-corrected chi connectivity index (χ3v) is 5.34. The predicted octanol–water partition coefficient (Wildman–Crippen LogP) is 4.82. The van der Waals surface area contributed by atoms with Crippen LogP contribution in [-0.4, -0.2) is 25.9 Å². The number of rotatable bonds is 6. The number of hydrogen-bond donors (Lipinski definition) is 1. The molecule has 3 rings (SSSR count). The van der Waals surface area contributed by atoms with Gasteiger partial charge in [-0.2, -0.15) is 0 Å². The van der Waals surface area contributed by atoms with E-state index in [0.717, 1.165) is 22.8 Å². The highest BCUT2D eigenvalue weighted by molar-refractivity contribution is 8.00. The lowest BCUT2D eigenvalue weighted by molar-refractivity contribution is -0.115. The highest BCUT2D eigenvalue weighted by atomic mass is 32.2. The number of carbonyl (C=O) groups excluding carboxylic acids is 1. The molecule has 1 N–H and O–H groups in total. The fourth-order valence-corrected chi connectivity index (χ4v) is 3.77. The molecule has 3 aromatic rings. The van der Waals surface area contributed by atoms with Crippen LogP contribution < -0.4 is 5.32 Å². The van der Waals surface area contributed by atoms with Gasteiger partial charge in [-0.25, -0.2) is 0 Å². The molecule has 0 fully saturated rings. The van der Waals surface area contributed by atoms with Gasteiger partial charge in [0.15, 0.2) is 5.16 Å². The topological polar surface area (TPSA) is 59.8 Å². The summed E-state index contributed by atoms with van der Waals surface area (Å²) in [5.41, 5.74) is 2.98. The van der Waals surface area contributed by atoms with Crippen molar-refractivity contribution in [2.75, 3.05) is 5.32 Å². The largest absolute Gasteiger partial charge is 0.325 e. The Morgan fingerprint density at radius 1 is 1.00 bits per heavy atom. The zero-order valence-corrected chi connectivity index (χ0v) is 16.8. The first-order valence-corrected chi connectivity index (χ1v) is 9.89. The first kappa shape index (κ1) is 19.2. The van der Waals surface area contributed by atoms with Gasteiger partial charge in [-0.1, -0.05) is 62.0 Å². The second-order valence-corrected chi connectivity index (χ2v) is 8.00. The van der Waals surface area contributed by atoms with Gasteiger partial charge < -0.3 is 5.32 Å². The summed E-state index contributed by atoms with van der Waals surface area (Å²) >= 11 is 1.40. The Labute approximate surface area is 164 Å². The Balaban J connectivity index is 1.77. The van der Waals surface area contributed by atoms with Crippen LogP contribution in [0.5, 0.6) is 0 Å². The normalized spacial score (nSPS) is 12.2. The van der Waals surface area contributed by atoms with Crippen molar-refractivity contribution in [1.29, 1.82) is 0 Å². The van der Waals surface area contributed by atoms with E-state index in [1.165, 1.54) is 11.8 Å². The maximum absolute atomic E-state index is 12.8. The van der Waals surface area contributed by atoms with Crippen molar-refractivity contribution < 1.29 is 4.79 Å². The van der Waals surface area contributed by atoms with Gasteiger partial charge >= 0.3 is 0 Å². The molecule has 1 heterocycles. The molecule has 0 spiro atoms. The fourth-order valence-electron chi connectivity index (χ4n) is 2.85. The monoisotopic (exact) mass is 380 g/mol. The van der Waals surface area contributed by atoms with Crippen LogP contribution in [0.1, 0.15) is 38.1 Å². The van der Waals surface area contributed by atoms with Gasteiger partial charge in [0.25, 0.3) is 0 Å². The van der Waals surface area contributed by atoms with E-state index in [4.69, 9.17) is 0 Å². The number of amides is 1. The summed E-state index contributed by atoms with van der Waals surface area (Å²) in [6.45, 7) is 8.04. The Morgan fingerprint density at radius 2 is 1.67 bits per heavy atom. The third-order valence-electron chi connectivity index (χ3n) is 4.30. The van der Waals surface area contributed by atoms with Crippen LogP contribution in [0, 0.1) is 6.92 Å². The average molecular weight is 381 g/mol. The molecule has 2 aromatic carbocycles. The Morgan fingerprint density at radius 3 is 2.37 bits per heavy atom. The van der Waals surface area contributed by atoms with Gasteiger partial charge in [0.05, 0.1) is 5.25 Å². The van der Waals surface area contributed by atoms with Crippen LogP contribution in [0.3, 0.4) is 0 Å². The smallest absolute Gasteiger partial charge is 0.237 e. The number of thioether (sulfide) groups is 1. The zero-order chi connectivity index (χ0) is 19.4. The minimum Gasteiger partial charge on any atom is -0.325 e. The van der Waals surface area contributed by atoms with Crippen LogP contribution in [-0.2, 0) is 4.79 Å². The number of nitrogens with zero attached hydrogens (tertiary/aromatic N) is 3. The standard InChI is InChI=1S/C21H24N4OS/c1-14(2)18-12-8-9-13-19(18)22-20(26)15(3)27-21-24-23-16(4)25(21)17-10-6-5-7-11-17/h5-15H,1-4H3,(H,22,26)/t15-/m0/s1. The summed E-state index contributed by atoms with van der Waals surface area (Å²) in [5, 5.41) is 11.9. The van der Waals surface area contributed by atoms with Gasteiger partial charge in [0.1, 0.15) is 5.82 Å². The van der Waals surface area contributed by atoms with Gasteiger partial charge in [-0.05, 0) is 43.5 Å². The van der Waals surface area contributed by atoms with Crippen molar-refractivity contribution in [3.8, 4) is 5.69 Å². The number of para-hydroxylation sites is 2. The van der Waals surface area contributed by atoms with Gasteiger partial charge in [-0.15, -0.1) is 10.2 Å². The molecule has 0 unspecified atom stereocenters. The second-order valence-electron chi connectivity index (χ2n) is 6.69. The Kier molecular flexibility index (Phi) is 5.96. The molecule has 0 bridgehead atoms. The molecular formula is C21H24N4OS. The van der Waals surface area contributed by atoms with Crippen molar-refractivity contribution >= 4 is 23.4 Å². The number of hydrogen-bond acceptors (Lipinski definition) is 4. The molecule has 0 saturated heterocycles. The fraction of sp³-hybridized carbons (Fsp3) is 0.286. The summed E-state index contributed by atoms with van der Waals surface area (Å²) in [5.74, 6) is 1.09. The van der Waals surface area contributed by atoms with Crippen molar-refractivity contribution in [1.82, 2.24) is 14.8 Å². The molecular weight excluding hydrogens is 356 g/mol. The minimum absolute atomic E-state index is 0.0478. The lowest BCUT2D eigenvalue weighted by Crippen LogP contribution is -2.23. The van der Waals surface area contributed by atoms with Crippen molar-refractivity contribution in [3.05, 3.63) is 66.0 Å². The van der Waals surface area contributed by atoms with E-state index in [2.05, 4.69) is 29.4 Å². The maximum atomic E-state index is 12.8. The second kappa shape index (κ2) is 8.39. The summed E-state index contributed by atoms with van der Waals surface area (Å²) < 4.78 is 1.97. The minimum atomic E-state index is -0.309. The highest BCUT2D eigenvalue weighted by Gasteiger charge is 2.21. The molecule has 27 heavy (non-hydrogen) atoms. The van der Waals surface area contributed by atoms with Crippen molar-refractivity contribution in [2.45, 2.75) is 44.0 Å². The molecule has 140 valence electrons. The number of aryl methyl sites for hydroxylation is 1. The van der Waals surface area contributed by atoms with Crippen LogP contribution in [0.15, 0.2) is 59.8 Å². The maximum Gasteiger partial charge on any atom is 0.237 e. The quantitative estimate of drug-likeness (QED) is 0.623. The first-order valence-electron chi connectivity index (χ1n) is 9.01. The SMILES string of the molecule is Cc1nnc(S[C@@H](C)C(=O)Nc2ccccc2C(C)C)n1-c1ccccc1. The van der Waals surface area contributed by atoms with E-state index < -0.39 is 0 Å². The number of anilines is 1. The number of aromatic nitrogens is 3. The zero-order valence-electron chi connectivity index (χ0n) is 16.0. The Bertz CT molecular complexity index is 921. The summed E-state index contributed by atoms with van der Waals surface area (Å²) in [6, 6.07) is 17.9. The van der Waals surface area contributed by atoms with Gasteiger partial charge in [0.2, 0.25) is 5.91 Å². The molecule has 0 saturated carbocycles. The van der Waals surface area contributed by atoms with Crippen LogP contribution in [0.4, 0.5) is 5.69 Å². The van der Waals surface area contributed by atoms with E-state index in [-0.39, 0.29) is 11.2 Å². The van der Waals surface area contributed by atoms with E-state index in [1.807, 2.05) is 73.0 Å². The number of benzene rings is 2. The number of nitrogens with one attached hydrogen (secondary N) is 1. The molecule has 1 aromatic heterocycles. The lowest BCUT2D eigenvalue weighted by Gasteiger charge is -2.16. The van der Waals surface area contributed by atoms with E-state index in [0.29, 0.717) is 11.1 Å². The van der Waals surface area contributed by atoms with Crippen LogP contribution in [0.25, 0.3) is 5.69 Å². The average Bonchev–Trinajstić information content (AvgIpc) is 3.02. The molecule has 0 radical (unpaired) electrons. The lowest BCUT2D eigenvalue weighted by atomic mass is 10.0. The van der Waals surface area contributed by atoms with Gasteiger partial charge in [0, 0.05) is 11.4 Å². The summed E-state index contributed by atoms with van der Waals surface area (Å²) in [4.78, 5) is 12.8. The van der Waals surface area contributed by atoms with Crippen molar-refractivity contribution in [2.24, 2.45) is 0 Å². The van der Waals surface area contributed by atoms with Crippen LogP contribution >= 0.6 is 11.8 Å². The summed E-state index contributed by atoms with van der Waals surface area (Å²) in [7, 11) is 0. The number of carbonyl (C=O) groups is 1. The van der Waals surface area contributed by atoms with E-state index >= 15 is 0 Å². The third kappa shape index (κ3) is 4.39. The molecule has 5 nitrogen and oxygen atoms in total. The molecule has 0 aliphatic rings. The van der Waals surface area contributed by atoms with Crippen LogP contribution in [0.2, 0.25) is 0 Å². The molecule has 6 heteroatoms. The summed E-state index contributed by atoms with van der Waals surface area (Å²) in [6.07, 6.45) is 0. The van der Waals surface area contributed by atoms with E-state index in [1.54, 1.807) is 0 Å². The van der Waals surface area contributed by atoms with E-state index in [9.17, 15) is 4.79 Å². The van der Waals surface area contributed by atoms with Gasteiger partial charge in [-0.3, -0.25) is 9.36 Å².